The first-order valence-electron chi connectivity index (χ1n) is 8.78. The van der Waals surface area contributed by atoms with Crippen LogP contribution in [0.2, 0.25) is 0 Å². The van der Waals surface area contributed by atoms with Crippen molar-refractivity contribution in [3.8, 4) is 11.5 Å². The summed E-state index contributed by atoms with van der Waals surface area (Å²) in [5, 5.41) is 19.4. The SMILES string of the molecule is CCCCc1cc(N2CCN(c3ccc(O)cc3)CC2)ccc1O. The Bertz CT molecular complexity index is 662. The Balaban J connectivity index is 1.65. The van der Waals surface area contributed by atoms with E-state index in [9.17, 15) is 10.2 Å². The lowest BCUT2D eigenvalue weighted by molar-refractivity contribution is 0.467. The van der Waals surface area contributed by atoms with Gasteiger partial charge in [0.15, 0.2) is 0 Å². The molecule has 4 nitrogen and oxygen atoms in total. The summed E-state index contributed by atoms with van der Waals surface area (Å²) in [5.41, 5.74) is 3.40. The van der Waals surface area contributed by atoms with Gasteiger partial charge in [-0.3, -0.25) is 0 Å². The van der Waals surface area contributed by atoms with Crippen molar-refractivity contribution in [1.29, 1.82) is 0 Å². The number of phenolic OH excluding ortho intramolecular Hbond substituents is 2. The molecule has 1 fully saturated rings. The highest BCUT2D eigenvalue weighted by molar-refractivity contribution is 5.55. The Labute approximate surface area is 144 Å². The monoisotopic (exact) mass is 326 g/mol. The summed E-state index contributed by atoms with van der Waals surface area (Å²) in [7, 11) is 0. The van der Waals surface area contributed by atoms with Crippen molar-refractivity contribution in [1.82, 2.24) is 0 Å². The highest BCUT2D eigenvalue weighted by Crippen LogP contribution is 2.27. The predicted octanol–water partition coefficient (Wildman–Crippen LogP) is 3.77. The summed E-state index contributed by atoms with van der Waals surface area (Å²) in [6.07, 6.45) is 3.17. The average Bonchev–Trinajstić information content (AvgIpc) is 2.62. The maximum absolute atomic E-state index is 10.0. The summed E-state index contributed by atoms with van der Waals surface area (Å²) >= 11 is 0. The van der Waals surface area contributed by atoms with E-state index < -0.39 is 0 Å². The van der Waals surface area contributed by atoms with E-state index in [1.165, 1.54) is 5.69 Å². The maximum atomic E-state index is 10.0. The molecule has 128 valence electrons. The van der Waals surface area contributed by atoms with Gasteiger partial charge in [-0.1, -0.05) is 13.3 Å². The molecule has 0 spiro atoms. The third-order valence-electron chi connectivity index (χ3n) is 4.72. The minimum absolute atomic E-state index is 0.307. The second-order valence-electron chi connectivity index (χ2n) is 6.41. The molecule has 2 aromatic carbocycles. The van der Waals surface area contributed by atoms with E-state index in [0.717, 1.165) is 56.7 Å². The average molecular weight is 326 g/mol. The number of hydrogen-bond donors (Lipinski definition) is 2. The number of aryl methyl sites for hydroxylation is 1. The summed E-state index contributed by atoms with van der Waals surface area (Å²) in [4.78, 5) is 4.72. The molecule has 3 rings (SSSR count). The Kier molecular flexibility index (Phi) is 5.14. The summed E-state index contributed by atoms with van der Waals surface area (Å²) in [5.74, 6) is 0.719. The first-order valence-corrected chi connectivity index (χ1v) is 8.78. The van der Waals surface area contributed by atoms with Crippen molar-refractivity contribution >= 4 is 11.4 Å². The lowest BCUT2D eigenvalue weighted by Gasteiger charge is -2.37. The van der Waals surface area contributed by atoms with Gasteiger partial charge in [0, 0.05) is 37.6 Å². The molecule has 1 heterocycles. The molecular weight excluding hydrogens is 300 g/mol. The minimum atomic E-state index is 0.307. The van der Waals surface area contributed by atoms with Crippen molar-refractivity contribution in [3.63, 3.8) is 0 Å². The second kappa shape index (κ2) is 7.47. The molecule has 0 amide bonds. The zero-order valence-corrected chi connectivity index (χ0v) is 14.3. The Morgan fingerprint density at radius 3 is 2.04 bits per heavy atom. The molecule has 4 heteroatoms. The van der Waals surface area contributed by atoms with Gasteiger partial charge in [-0.25, -0.2) is 0 Å². The number of benzene rings is 2. The Morgan fingerprint density at radius 1 is 0.833 bits per heavy atom. The number of unbranched alkanes of at least 4 members (excludes halogenated alkanes) is 1. The van der Waals surface area contributed by atoms with Crippen LogP contribution in [0.3, 0.4) is 0 Å². The van der Waals surface area contributed by atoms with Crippen LogP contribution >= 0.6 is 0 Å². The fourth-order valence-corrected chi connectivity index (χ4v) is 3.22. The highest BCUT2D eigenvalue weighted by atomic mass is 16.3. The van der Waals surface area contributed by atoms with E-state index in [1.807, 2.05) is 24.3 Å². The summed E-state index contributed by atoms with van der Waals surface area (Å²) in [6, 6.07) is 13.4. The largest absolute Gasteiger partial charge is 0.508 e. The minimum Gasteiger partial charge on any atom is -0.508 e. The van der Waals surface area contributed by atoms with Crippen LogP contribution in [-0.4, -0.2) is 36.4 Å². The van der Waals surface area contributed by atoms with Crippen molar-refractivity contribution < 1.29 is 10.2 Å². The number of rotatable bonds is 5. The fraction of sp³-hybridized carbons (Fsp3) is 0.400. The van der Waals surface area contributed by atoms with Crippen LogP contribution in [0.25, 0.3) is 0 Å². The lowest BCUT2D eigenvalue weighted by Crippen LogP contribution is -2.46. The lowest BCUT2D eigenvalue weighted by atomic mass is 10.1. The molecule has 0 saturated carbocycles. The number of piperazine rings is 1. The third-order valence-corrected chi connectivity index (χ3v) is 4.72. The van der Waals surface area contributed by atoms with Gasteiger partial charge in [-0.05, 0) is 60.9 Å². The van der Waals surface area contributed by atoms with Crippen molar-refractivity contribution in [2.75, 3.05) is 36.0 Å². The quantitative estimate of drug-likeness (QED) is 0.878. The first kappa shape index (κ1) is 16.5. The second-order valence-corrected chi connectivity index (χ2v) is 6.41. The van der Waals surface area contributed by atoms with Crippen LogP contribution < -0.4 is 9.80 Å². The van der Waals surface area contributed by atoms with Gasteiger partial charge in [0.05, 0.1) is 0 Å². The first-order chi connectivity index (χ1) is 11.7. The van der Waals surface area contributed by atoms with Crippen molar-refractivity contribution in [3.05, 3.63) is 48.0 Å². The molecule has 2 aromatic rings. The van der Waals surface area contributed by atoms with Gasteiger partial charge in [0.2, 0.25) is 0 Å². The molecule has 0 bridgehead atoms. The van der Waals surface area contributed by atoms with Crippen LogP contribution in [0.4, 0.5) is 11.4 Å². The van der Waals surface area contributed by atoms with Gasteiger partial charge < -0.3 is 20.0 Å². The number of anilines is 2. The van der Waals surface area contributed by atoms with Crippen LogP contribution in [0.5, 0.6) is 11.5 Å². The molecule has 0 atom stereocenters. The Hall–Kier alpha value is -2.36. The third kappa shape index (κ3) is 3.75. The van der Waals surface area contributed by atoms with Gasteiger partial charge in [0.25, 0.3) is 0 Å². The molecule has 24 heavy (non-hydrogen) atoms. The number of nitrogens with zero attached hydrogens (tertiary/aromatic N) is 2. The topological polar surface area (TPSA) is 46.9 Å². The summed E-state index contributed by atoms with van der Waals surface area (Å²) in [6.45, 7) is 5.99. The summed E-state index contributed by atoms with van der Waals surface area (Å²) < 4.78 is 0. The van der Waals surface area contributed by atoms with Crippen LogP contribution in [0.15, 0.2) is 42.5 Å². The standard InChI is InChI=1S/C20H26N2O2/c1-2-3-4-16-15-18(7-10-20(16)24)22-13-11-21(12-14-22)17-5-8-19(23)9-6-17/h5-10,15,23-24H,2-4,11-14H2,1H3. The molecule has 1 aliphatic rings. The molecule has 0 unspecified atom stereocenters. The molecule has 0 aliphatic carbocycles. The molecule has 0 radical (unpaired) electrons. The fourth-order valence-electron chi connectivity index (χ4n) is 3.22. The Morgan fingerprint density at radius 2 is 1.42 bits per heavy atom. The van der Waals surface area contributed by atoms with Crippen LogP contribution in [0, 0.1) is 0 Å². The number of aromatic hydroxyl groups is 2. The molecule has 1 aliphatic heterocycles. The van der Waals surface area contributed by atoms with E-state index >= 15 is 0 Å². The van der Waals surface area contributed by atoms with Crippen LogP contribution in [-0.2, 0) is 6.42 Å². The molecule has 0 aromatic heterocycles. The zero-order chi connectivity index (χ0) is 16.9. The zero-order valence-electron chi connectivity index (χ0n) is 14.3. The normalized spacial score (nSPS) is 14.9. The smallest absolute Gasteiger partial charge is 0.118 e. The van der Waals surface area contributed by atoms with E-state index in [1.54, 1.807) is 12.1 Å². The molecular formula is C20H26N2O2. The molecule has 1 saturated heterocycles. The van der Waals surface area contributed by atoms with E-state index in [4.69, 9.17) is 0 Å². The van der Waals surface area contributed by atoms with Crippen molar-refractivity contribution in [2.24, 2.45) is 0 Å². The van der Waals surface area contributed by atoms with Gasteiger partial charge in [0.1, 0.15) is 11.5 Å². The van der Waals surface area contributed by atoms with Gasteiger partial charge >= 0.3 is 0 Å². The number of phenols is 2. The van der Waals surface area contributed by atoms with E-state index in [0.29, 0.717) is 11.5 Å². The van der Waals surface area contributed by atoms with Crippen molar-refractivity contribution in [2.45, 2.75) is 26.2 Å². The van der Waals surface area contributed by atoms with Crippen LogP contribution in [0.1, 0.15) is 25.3 Å². The number of hydrogen-bond acceptors (Lipinski definition) is 4. The van der Waals surface area contributed by atoms with Gasteiger partial charge in [-0.2, -0.15) is 0 Å². The van der Waals surface area contributed by atoms with Gasteiger partial charge in [-0.15, -0.1) is 0 Å². The van der Waals surface area contributed by atoms with E-state index in [2.05, 4.69) is 22.8 Å². The molecule has 2 N–H and O–H groups in total. The highest BCUT2D eigenvalue weighted by Gasteiger charge is 2.18. The van der Waals surface area contributed by atoms with E-state index in [-0.39, 0.29) is 0 Å². The predicted molar refractivity (Wildman–Crippen MR) is 99.3 cm³/mol. The maximum Gasteiger partial charge on any atom is 0.118 e.